The highest BCUT2D eigenvalue weighted by atomic mass is 35.5. The lowest BCUT2D eigenvalue weighted by Gasteiger charge is -2.21. The molecule has 2 aromatic carbocycles. The number of amides is 1. The topological polar surface area (TPSA) is 83.8 Å². The van der Waals surface area contributed by atoms with E-state index in [9.17, 15) is 13.2 Å². The zero-order chi connectivity index (χ0) is 24.3. The number of halogens is 1. The number of hydrazone groups is 1. The van der Waals surface area contributed by atoms with Gasteiger partial charge in [0.2, 0.25) is 10.0 Å². The van der Waals surface area contributed by atoms with E-state index in [1.54, 1.807) is 30.5 Å². The summed E-state index contributed by atoms with van der Waals surface area (Å²) in [7, 11) is -3.68. The smallest absolute Gasteiger partial charge is 0.260 e. The first-order valence-corrected chi connectivity index (χ1v) is 12.5. The molecule has 7 nitrogen and oxygen atoms in total. The molecule has 0 radical (unpaired) electrons. The Labute approximate surface area is 199 Å². The first kappa shape index (κ1) is 24.5. The summed E-state index contributed by atoms with van der Waals surface area (Å²) < 4.78 is 27.5. The maximum atomic E-state index is 12.4. The number of sulfonamides is 1. The number of carbonyl (C=O) groups excluding carboxylic acids is 1. The van der Waals surface area contributed by atoms with E-state index < -0.39 is 22.5 Å². The highest BCUT2D eigenvalue weighted by molar-refractivity contribution is 7.92. The molecule has 0 spiro atoms. The molecule has 174 valence electrons. The fourth-order valence-electron chi connectivity index (χ4n) is 3.53. The predicted molar refractivity (Wildman–Crippen MR) is 134 cm³/mol. The van der Waals surface area contributed by atoms with Gasteiger partial charge in [-0.1, -0.05) is 17.7 Å². The zero-order valence-electron chi connectivity index (χ0n) is 19.3. The summed E-state index contributed by atoms with van der Waals surface area (Å²) in [5.74, 6) is -0.561. The number of hydrogen-bond donors (Lipinski definition) is 1. The Bertz CT molecular complexity index is 1310. The monoisotopic (exact) mass is 486 g/mol. The van der Waals surface area contributed by atoms with Crippen molar-refractivity contribution in [3.8, 4) is 5.69 Å². The van der Waals surface area contributed by atoms with Crippen LogP contribution < -0.4 is 9.73 Å². The Balaban J connectivity index is 1.75. The third-order valence-corrected chi connectivity index (χ3v) is 6.81. The number of carbonyl (C=O) groups is 1. The summed E-state index contributed by atoms with van der Waals surface area (Å²) in [6, 6.07) is 14.5. The summed E-state index contributed by atoms with van der Waals surface area (Å²) in [4.78, 5) is 12.4. The number of aromatic nitrogens is 1. The highest BCUT2D eigenvalue weighted by Crippen LogP contribution is 2.22. The van der Waals surface area contributed by atoms with E-state index in [1.165, 1.54) is 11.1 Å². The van der Waals surface area contributed by atoms with Crippen LogP contribution in [0, 0.1) is 27.7 Å². The van der Waals surface area contributed by atoms with E-state index in [4.69, 9.17) is 11.6 Å². The van der Waals surface area contributed by atoms with Crippen molar-refractivity contribution >= 4 is 39.4 Å². The summed E-state index contributed by atoms with van der Waals surface area (Å²) in [5, 5.41) is 4.52. The molecule has 1 heterocycles. The van der Waals surface area contributed by atoms with Crippen molar-refractivity contribution in [2.75, 3.05) is 17.1 Å². The zero-order valence-corrected chi connectivity index (χ0v) is 20.8. The Morgan fingerprint density at radius 1 is 1.06 bits per heavy atom. The van der Waals surface area contributed by atoms with Gasteiger partial charge in [0.25, 0.3) is 5.91 Å². The molecule has 0 bridgehead atoms. The van der Waals surface area contributed by atoms with Gasteiger partial charge in [-0.25, -0.2) is 13.8 Å². The van der Waals surface area contributed by atoms with Gasteiger partial charge >= 0.3 is 0 Å². The molecule has 1 aromatic heterocycles. The van der Waals surface area contributed by atoms with Gasteiger partial charge in [0.15, 0.2) is 0 Å². The number of nitrogens with one attached hydrogen (secondary N) is 1. The fourth-order valence-corrected chi connectivity index (χ4v) is 4.51. The van der Waals surface area contributed by atoms with E-state index in [0.29, 0.717) is 10.7 Å². The number of nitrogens with zero attached hydrogens (tertiary/aromatic N) is 3. The van der Waals surface area contributed by atoms with Crippen LogP contribution in [0.4, 0.5) is 5.69 Å². The molecule has 0 aliphatic carbocycles. The van der Waals surface area contributed by atoms with Crippen LogP contribution in [0.15, 0.2) is 53.6 Å². The number of rotatable bonds is 7. The van der Waals surface area contributed by atoms with Crippen molar-refractivity contribution in [2.24, 2.45) is 5.10 Å². The lowest BCUT2D eigenvalue weighted by atomic mass is 10.1. The quantitative estimate of drug-likeness (QED) is 0.399. The molecule has 0 saturated carbocycles. The molecule has 0 atom stereocenters. The minimum Gasteiger partial charge on any atom is -0.318 e. The fraction of sp³-hybridized carbons (Fsp3) is 0.250. The normalized spacial score (nSPS) is 11.7. The van der Waals surface area contributed by atoms with Gasteiger partial charge in [0, 0.05) is 27.7 Å². The largest absolute Gasteiger partial charge is 0.318 e. The minimum atomic E-state index is -3.68. The Morgan fingerprint density at radius 3 is 2.33 bits per heavy atom. The average Bonchev–Trinajstić information content (AvgIpc) is 3.01. The maximum absolute atomic E-state index is 12.4. The molecule has 3 aromatic rings. The third-order valence-electron chi connectivity index (χ3n) is 5.41. The Hall–Kier alpha value is -3.10. The molecule has 0 aliphatic rings. The highest BCUT2D eigenvalue weighted by Gasteiger charge is 2.20. The predicted octanol–water partition coefficient (Wildman–Crippen LogP) is 4.28. The number of anilines is 1. The molecule has 1 N–H and O–H groups in total. The van der Waals surface area contributed by atoms with Crippen molar-refractivity contribution < 1.29 is 13.2 Å². The van der Waals surface area contributed by atoms with Crippen molar-refractivity contribution in [3.63, 3.8) is 0 Å². The van der Waals surface area contributed by atoms with Crippen LogP contribution in [-0.4, -0.2) is 37.9 Å². The van der Waals surface area contributed by atoms with Crippen LogP contribution in [0.1, 0.15) is 28.1 Å². The second kappa shape index (κ2) is 9.80. The second-order valence-electron chi connectivity index (χ2n) is 7.97. The van der Waals surface area contributed by atoms with Crippen LogP contribution in [0.25, 0.3) is 5.69 Å². The Kier molecular flexibility index (Phi) is 7.29. The van der Waals surface area contributed by atoms with Gasteiger partial charge in [0.05, 0.1) is 18.2 Å². The average molecular weight is 487 g/mol. The molecule has 33 heavy (non-hydrogen) atoms. The number of benzene rings is 2. The second-order valence-corrected chi connectivity index (χ2v) is 10.3. The van der Waals surface area contributed by atoms with Crippen LogP contribution in [0.5, 0.6) is 0 Å². The van der Waals surface area contributed by atoms with Crippen molar-refractivity contribution in [3.05, 3.63) is 81.6 Å². The first-order valence-electron chi connectivity index (χ1n) is 10.3. The summed E-state index contributed by atoms with van der Waals surface area (Å²) >= 11 is 5.87. The molecule has 1 amide bonds. The van der Waals surface area contributed by atoms with Crippen molar-refractivity contribution in [2.45, 2.75) is 27.7 Å². The molecule has 9 heteroatoms. The van der Waals surface area contributed by atoms with Crippen molar-refractivity contribution in [1.82, 2.24) is 9.99 Å². The van der Waals surface area contributed by atoms with Gasteiger partial charge in [-0.3, -0.25) is 9.10 Å². The van der Waals surface area contributed by atoms with Gasteiger partial charge in [-0.2, -0.15) is 5.10 Å². The number of hydrogen-bond acceptors (Lipinski definition) is 4. The first-order chi connectivity index (χ1) is 15.5. The molecule has 3 rings (SSSR count). The number of aryl methyl sites for hydroxylation is 3. The molecule has 0 unspecified atom stereocenters. The van der Waals surface area contributed by atoms with E-state index in [-0.39, 0.29) is 0 Å². The summed E-state index contributed by atoms with van der Waals surface area (Å²) in [6.45, 7) is 7.74. The van der Waals surface area contributed by atoms with Crippen molar-refractivity contribution in [1.29, 1.82) is 0 Å². The van der Waals surface area contributed by atoms with Crippen LogP contribution in [-0.2, 0) is 14.8 Å². The van der Waals surface area contributed by atoms with E-state index >= 15 is 0 Å². The van der Waals surface area contributed by atoms with Gasteiger partial charge < -0.3 is 4.57 Å². The van der Waals surface area contributed by atoms with E-state index in [0.717, 1.165) is 33.2 Å². The summed E-state index contributed by atoms with van der Waals surface area (Å²) in [6.07, 6.45) is 2.60. The van der Waals surface area contributed by atoms with Crippen LogP contribution >= 0.6 is 11.6 Å². The minimum absolute atomic E-state index is 0.345. The lowest BCUT2D eigenvalue weighted by molar-refractivity contribution is -0.119. The molecule has 0 aliphatic heterocycles. The molecule has 0 fully saturated rings. The third kappa shape index (κ3) is 5.83. The maximum Gasteiger partial charge on any atom is 0.260 e. The van der Waals surface area contributed by atoms with Gasteiger partial charge in [-0.05, 0) is 81.3 Å². The summed E-state index contributed by atoms with van der Waals surface area (Å²) in [5.41, 5.74) is 9.12. The SMILES string of the molecule is Cc1ccc(-n2c(C)cc(/C=N\NC(=O)CN(c3ccc(Cl)cc3)S(C)(=O)=O)c2C)cc1C. The standard InChI is InChI=1S/C24H27ClN4O3S/c1-16-6-9-23(12-17(16)2)29-18(3)13-20(19(29)4)14-26-27-24(30)15-28(33(5,31)32)22-10-7-21(25)8-11-22/h6-14H,15H2,1-5H3,(H,27,30)/b26-14-. The molecular weight excluding hydrogens is 460 g/mol. The molecule has 0 saturated heterocycles. The Morgan fingerprint density at radius 2 is 1.73 bits per heavy atom. The lowest BCUT2D eigenvalue weighted by Crippen LogP contribution is -2.39. The van der Waals surface area contributed by atoms with Crippen LogP contribution in [0.3, 0.4) is 0 Å². The van der Waals surface area contributed by atoms with E-state index in [2.05, 4.69) is 47.1 Å². The van der Waals surface area contributed by atoms with Gasteiger partial charge in [-0.15, -0.1) is 0 Å². The van der Waals surface area contributed by atoms with Gasteiger partial charge in [0.1, 0.15) is 6.54 Å². The van der Waals surface area contributed by atoms with E-state index in [1.807, 2.05) is 19.9 Å². The van der Waals surface area contributed by atoms with Crippen LogP contribution in [0.2, 0.25) is 5.02 Å². The molecular formula is C24H27ClN4O3S.